The summed E-state index contributed by atoms with van der Waals surface area (Å²) in [4.78, 5) is 0. The van der Waals surface area contributed by atoms with Crippen molar-refractivity contribution in [3.63, 3.8) is 0 Å². The Bertz CT molecular complexity index is 474. The second-order valence-corrected chi connectivity index (χ2v) is 6.74. The van der Waals surface area contributed by atoms with E-state index in [1.165, 1.54) is 0 Å². The average Bonchev–Trinajstić information content (AvgIpc) is 2.55. The number of methoxy groups -OCH3 is 1. The molecule has 1 saturated heterocycles. The minimum absolute atomic E-state index is 0.183. The third-order valence-corrected chi connectivity index (χ3v) is 4.31. The first kappa shape index (κ1) is 15.8. The van der Waals surface area contributed by atoms with Gasteiger partial charge in [0.25, 0.3) is 0 Å². The van der Waals surface area contributed by atoms with E-state index < -0.39 is 7.12 Å². The molecule has 1 aromatic carbocycles. The summed E-state index contributed by atoms with van der Waals surface area (Å²) in [5.41, 5.74) is 0.121. The smallest absolute Gasteiger partial charge is 0.468 e. The Labute approximate surface area is 129 Å². The molecule has 0 bridgehead atoms. The van der Waals surface area contributed by atoms with Crippen molar-refractivity contribution in [3.8, 4) is 5.75 Å². The number of rotatable bonds is 4. The topological polar surface area (TPSA) is 36.9 Å². The van der Waals surface area contributed by atoms with Gasteiger partial charge in [-0.1, -0.05) is 22.0 Å². The maximum atomic E-state index is 6.05. The highest BCUT2D eigenvalue weighted by molar-refractivity contribution is 9.10. The summed E-state index contributed by atoms with van der Waals surface area (Å²) in [6.07, 6.45) is 0. The van der Waals surface area contributed by atoms with Crippen molar-refractivity contribution >= 4 is 28.5 Å². The predicted octanol–water partition coefficient (Wildman–Crippen LogP) is 2.73. The van der Waals surface area contributed by atoms with Gasteiger partial charge < -0.3 is 18.8 Å². The molecule has 6 heteroatoms. The lowest BCUT2D eigenvalue weighted by Gasteiger charge is -2.32. The van der Waals surface area contributed by atoms with E-state index in [0.29, 0.717) is 5.75 Å². The molecule has 0 amide bonds. The van der Waals surface area contributed by atoms with Crippen molar-refractivity contribution in [1.82, 2.24) is 0 Å². The first-order chi connectivity index (χ1) is 9.27. The maximum Gasteiger partial charge on any atom is 0.498 e. The van der Waals surface area contributed by atoms with Gasteiger partial charge in [0.1, 0.15) is 5.75 Å². The molecule has 0 saturated carbocycles. The van der Waals surface area contributed by atoms with Crippen LogP contribution in [0.2, 0.25) is 0 Å². The summed E-state index contributed by atoms with van der Waals surface area (Å²) in [5, 5.41) is 0. The van der Waals surface area contributed by atoms with Gasteiger partial charge in [-0.05, 0) is 39.8 Å². The summed E-state index contributed by atoms with van der Waals surface area (Å²) in [7, 11) is 1.15. The molecule has 0 unspecified atom stereocenters. The number of ether oxygens (including phenoxy) is 2. The summed E-state index contributed by atoms with van der Waals surface area (Å²) >= 11 is 3.44. The van der Waals surface area contributed by atoms with E-state index in [-0.39, 0.29) is 18.0 Å². The Hall–Kier alpha value is -0.555. The fourth-order valence-corrected chi connectivity index (χ4v) is 2.26. The summed E-state index contributed by atoms with van der Waals surface area (Å²) < 4.78 is 23.6. The molecule has 1 fully saturated rings. The highest BCUT2D eigenvalue weighted by atomic mass is 79.9. The zero-order valence-corrected chi connectivity index (χ0v) is 14.1. The molecule has 110 valence electrons. The zero-order valence-electron chi connectivity index (χ0n) is 12.5. The van der Waals surface area contributed by atoms with Gasteiger partial charge in [-0.2, -0.15) is 0 Å². The minimum Gasteiger partial charge on any atom is -0.468 e. The Balaban J connectivity index is 2.29. The lowest BCUT2D eigenvalue weighted by atomic mass is 9.78. The molecule has 1 aliphatic rings. The maximum absolute atomic E-state index is 6.05. The average molecular weight is 343 g/mol. The van der Waals surface area contributed by atoms with E-state index in [1.54, 1.807) is 7.11 Å². The molecule has 0 N–H and O–H groups in total. The lowest BCUT2D eigenvalue weighted by Crippen LogP contribution is -2.41. The monoisotopic (exact) mass is 342 g/mol. The van der Waals surface area contributed by atoms with Crippen LogP contribution in [0.25, 0.3) is 0 Å². The second kappa shape index (κ2) is 5.68. The van der Waals surface area contributed by atoms with Crippen LogP contribution in [-0.4, -0.2) is 32.2 Å². The Morgan fingerprint density at radius 2 is 1.75 bits per heavy atom. The number of halogens is 1. The molecule has 0 spiro atoms. The van der Waals surface area contributed by atoms with Crippen molar-refractivity contribution < 1.29 is 18.8 Å². The van der Waals surface area contributed by atoms with Crippen molar-refractivity contribution in [2.24, 2.45) is 0 Å². The van der Waals surface area contributed by atoms with Gasteiger partial charge in [0.15, 0.2) is 6.79 Å². The Morgan fingerprint density at radius 1 is 1.15 bits per heavy atom. The van der Waals surface area contributed by atoms with Gasteiger partial charge in [-0.3, -0.25) is 0 Å². The van der Waals surface area contributed by atoms with E-state index in [0.717, 1.165) is 9.94 Å². The number of hydrogen-bond acceptors (Lipinski definition) is 4. The van der Waals surface area contributed by atoms with Gasteiger partial charge in [-0.25, -0.2) is 0 Å². The highest BCUT2D eigenvalue weighted by Crippen LogP contribution is 2.37. The van der Waals surface area contributed by atoms with Crippen molar-refractivity contribution in [2.75, 3.05) is 13.9 Å². The van der Waals surface area contributed by atoms with Gasteiger partial charge in [-0.15, -0.1) is 0 Å². The Morgan fingerprint density at radius 3 is 2.30 bits per heavy atom. The third-order valence-electron chi connectivity index (χ3n) is 3.82. The Kier molecular flexibility index (Phi) is 4.49. The molecule has 0 radical (unpaired) electrons. The SMILES string of the molecule is COCOc1cc(Br)ccc1B1OC(C)(C)C(C)(C)O1. The van der Waals surface area contributed by atoms with Gasteiger partial charge in [0, 0.05) is 17.0 Å². The van der Waals surface area contributed by atoms with Gasteiger partial charge in [0.05, 0.1) is 11.2 Å². The van der Waals surface area contributed by atoms with Crippen LogP contribution in [0, 0.1) is 0 Å². The second-order valence-electron chi connectivity index (χ2n) is 5.82. The fraction of sp³-hybridized carbons (Fsp3) is 0.571. The van der Waals surface area contributed by atoms with Crippen LogP contribution >= 0.6 is 15.9 Å². The lowest BCUT2D eigenvalue weighted by molar-refractivity contribution is 0.00578. The third kappa shape index (κ3) is 3.03. The van der Waals surface area contributed by atoms with Gasteiger partial charge >= 0.3 is 7.12 Å². The van der Waals surface area contributed by atoms with Crippen molar-refractivity contribution in [1.29, 1.82) is 0 Å². The summed E-state index contributed by atoms with van der Waals surface area (Å²) in [5.74, 6) is 0.694. The molecule has 0 aliphatic carbocycles. The van der Waals surface area contributed by atoms with E-state index in [4.69, 9.17) is 18.8 Å². The summed E-state index contributed by atoms with van der Waals surface area (Å²) in [6.45, 7) is 8.30. The molecule has 0 aromatic heterocycles. The van der Waals surface area contributed by atoms with Crippen LogP contribution < -0.4 is 10.2 Å². The fourth-order valence-electron chi connectivity index (χ4n) is 1.92. The summed E-state index contributed by atoms with van der Waals surface area (Å²) in [6, 6.07) is 5.77. The number of benzene rings is 1. The molecular weight excluding hydrogens is 323 g/mol. The van der Waals surface area contributed by atoms with Crippen LogP contribution in [0.4, 0.5) is 0 Å². The largest absolute Gasteiger partial charge is 0.498 e. The molecule has 1 aromatic rings. The molecule has 1 aliphatic heterocycles. The van der Waals surface area contributed by atoms with Crippen LogP contribution in [0.1, 0.15) is 27.7 Å². The standard InChI is InChI=1S/C14H20BBrO4/c1-13(2)14(3,4)20-15(19-13)11-7-6-10(16)8-12(11)18-9-17-5/h6-8H,9H2,1-5H3. The molecule has 20 heavy (non-hydrogen) atoms. The quantitative estimate of drug-likeness (QED) is 0.622. The van der Waals surface area contributed by atoms with Crippen molar-refractivity contribution in [2.45, 2.75) is 38.9 Å². The molecule has 1 heterocycles. The molecule has 0 atom stereocenters. The zero-order chi connectivity index (χ0) is 15.0. The first-order valence-corrected chi connectivity index (χ1v) is 7.33. The van der Waals surface area contributed by atoms with E-state index >= 15 is 0 Å². The highest BCUT2D eigenvalue weighted by Gasteiger charge is 2.52. The van der Waals surface area contributed by atoms with Crippen LogP contribution in [0.5, 0.6) is 5.75 Å². The van der Waals surface area contributed by atoms with E-state index in [2.05, 4.69) is 15.9 Å². The molecule has 2 rings (SSSR count). The first-order valence-electron chi connectivity index (χ1n) is 6.54. The van der Waals surface area contributed by atoms with E-state index in [9.17, 15) is 0 Å². The molecule has 4 nitrogen and oxygen atoms in total. The van der Waals surface area contributed by atoms with Crippen molar-refractivity contribution in [3.05, 3.63) is 22.7 Å². The molecular formula is C14H20BBrO4. The van der Waals surface area contributed by atoms with E-state index in [1.807, 2.05) is 45.9 Å². The van der Waals surface area contributed by atoms with Crippen LogP contribution in [0.15, 0.2) is 22.7 Å². The normalized spacial score (nSPS) is 20.2. The van der Waals surface area contributed by atoms with Gasteiger partial charge in [0.2, 0.25) is 0 Å². The van der Waals surface area contributed by atoms with Crippen LogP contribution in [0.3, 0.4) is 0 Å². The minimum atomic E-state index is -0.444. The van der Waals surface area contributed by atoms with Crippen LogP contribution in [-0.2, 0) is 14.0 Å². The predicted molar refractivity (Wildman–Crippen MR) is 82.4 cm³/mol. The number of hydrogen-bond donors (Lipinski definition) is 0.